The van der Waals surface area contributed by atoms with Gasteiger partial charge in [0.15, 0.2) is 5.82 Å². The van der Waals surface area contributed by atoms with Crippen LogP contribution in [0.25, 0.3) is 0 Å². The molecule has 0 bridgehead atoms. The summed E-state index contributed by atoms with van der Waals surface area (Å²) < 4.78 is 4.02. The number of hydrogen-bond acceptors (Lipinski definition) is 4. The van der Waals surface area contributed by atoms with Gasteiger partial charge in [-0.1, -0.05) is 30.7 Å². The standard InChI is InChI=1S/C20H25N7O/c28-20(22-14-19-25-24-18-9-2-1-5-12-27(18)19)21-13-16-7-3-4-8-17(16)15-26-11-6-10-23-26/h3-4,6-8,10-11H,1-2,5,9,12-15H2,(H2,21,22,28). The molecule has 0 unspecified atom stereocenters. The van der Waals surface area contributed by atoms with Gasteiger partial charge >= 0.3 is 6.03 Å². The van der Waals surface area contributed by atoms with Crippen LogP contribution >= 0.6 is 0 Å². The van der Waals surface area contributed by atoms with Gasteiger partial charge in [-0.3, -0.25) is 4.68 Å². The number of urea groups is 1. The van der Waals surface area contributed by atoms with Crippen LogP contribution in [0.4, 0.5) is 4.79 Å². The summed E-state index contributed by atoms with van der Waals surface area (Å²) in [7, 11) is 0. The van der Waals surface area contributed by atoms with Gasteiger partial charge in [-0.25, -0.2) is 4.79 Å². The van der Waals surface area contributed by atoms with Crippen molar-refractivity contribution in [2.24, 2.45) is 0 Å². The molecule has 0 atom stereocenters. The Labute approximate surface area is 164 Å². The first-order valence-corrected chi connectivity index (χ1v) is 9.76. The Bertz CT molecular complexity index is 917. The third kappa shape index (κ3) is 4.39. The Morgan fingerprint density at radius 3 is 2.71 bits per heavy atom. The predicted octanol–water partition coefficient (Wildman–Crippen LogP) is 2.25. The fourth-order valence-corrected chi connectivity index (χ4v) is 3.53. The van der Waals surface area contributed by atoms with Crippen molar-refractivity contribution < 1.29 is 4.79 Å². The quantitative estimate of drug-likeness (QED) is 0.687. The second-order valence-corrected chi connectivity index (χ2v) is 7.00. The molecule has 0 saturated heterocycles. The second-order valence-electron chi connectivity index (χ2n) is 7.00. The fraction of sp³-hybridized carbons (Fsp3) is 0.400. The lowest BCUT2D eigenvalue weighted by molar-refractivity contribution is 0.239. The molecule has 8 nitrogen and oxygen atoms in total. The lowest BCUT2D eigenvalue weighted by Crippen LogP contribution is -2.35. The molecule has 0 fully saturated rings. The van der Waals surface area contributed by atoms with E-state index in [-0.39, 0.29) is 6.03 Å². The highest BCUT2D eigenvalue weighted by Crippen LogP contribution is 2.14. The fourth-order valence-electron chi connectivity index (χ4n) is 3.53. The molecular formula is C20H25N7O. The number of aromatic nitrogens is 5. The molecule has 2 amide bonds. The van der Waals surface area contributed by atoms with Gasteiger partial charge < -0.3 is 15.2 Å². The molecule has 2 N–H and O–H groups in total. The average molecular weight is 379 g/mol. The minimum Gasteiger partial charge on any atom is -0.334 e. The number of hydrogen-bond donors (Lipinski definition) is 2. The average Bonchev–Trinajstić information content (AvgIpc) is 3.30. The van der Waals surface area contributed by atoms with Gasteiger partial charge in [0, 0.05) is 31.9 Å². The molecule has 8 heteroatoms. The summed E-state index contributed by atoms with van der Waals surface area (Å²) in [6, 6.07) is 9.76. The highest BCUT2D eigenvalue weighted by molar-refractivity contribution is 5.73. The molecule has 0 saturated carbocycles. The number of benzene rings is 1. The Balaban J connectivity index is 1.31. The van der Waals surface area contributed by atoms with Crippen LogP contribution in [0, 0.1) is 0 Å². The van der Waals surface area contributed by atoms with Crippen molar-refractivity contribution in [3.8, 4) is 0 Å². The van der Waals surface area contributed by atoms with Crippen LogP contribution in [0.2, 0.25) is 0 Å². The molecular weight excluding hydrogens is 354 g/mol. The Hall–Kier alpha value is -3.16. The van der Waals surface area contributed by atoms with Gasteiger partial charge in [0.1, 0.15) is 5.82 Å². The Morgan fingerprint density at radius 2 is 1.86 bits per heavy atom. The number of carbonyl (C=O) groups is 1. The van der Waals surface area contributed by atoms with Gasteiger partial charge in [-0.15, -0.1) is 10.2 Å². The summed E-state index contributed by atoms with van der Waals surface area (Å²) in [6.07, 6.45) is 8.17. The van der Waals surface area contributed by atoms with Crippen LogP contribution in [0.15, 0.2) is 42.7 Å². The molecule has 4 rings (SSSR count). The number of aryl methyl sites for hydroxylation is 1. The van der Waals surface area contributed by atoms with Crippen molar-refractivity contribution in [2.75, 3.05) is 0 Å². The second kappa shape index (κ2) is 8.69. The summed E-state index contributed by atoms with van der Waals surface area (Å²) in [5.41, 5.74) is 2.21. The van der Waals surface area contributed by atoms with E-state index in [0.29, 0.717) is 19.6 Å². The topological polar surface area (TPSA) is 89.7 Å². The first-order valence-electron chi connectivity index (χ1n) is 9.76. The maximum absolute atomic E-state index is 12.3. The third-order valence-corrected chi connectivity index (χ3v) is 5.04. The monoisotopic (exact) mass is 379 g/mol. The molecule has 2 aromatic heterocycles. The molecule has 0 radical (unpaired) electrons. The maximum atomic E-state index is 12.3. The van der Waals surface area contributed by atoms with Crippen LogP contribution in [0.3, 0.4) is 0 Å². The Kier molecular flexibility index (Phi) is 5.65. The maximum Gasteiger partial charge on any atom is 0.315 e. The van der Waals surface area contributed by atoms with Gasteiger partial charge in [0.05, 0.1) is 13.1 Å². The molecule has 28 heavy (non-hydrogen) atoms. The van der Waals surface area contributed by atoms with E-state index < -0.39 is 0 Å². The van der Waals surface area contributed by atoms with E-state index in [1.54, 1.807) is 6.20 Å². The van der Waals surface area contributed by atoms with Crippen molar-refractivity contribution in [1.29, 1.82) is 0 Å². The summed E-state index contributed by atoms with van der Waals surface area (Å²) in [5.74, 6) is 1.85. The molecule has 1 aliphatic heterocycles. The van der Waals surface area contributed by atoms with E-state index in [1.165, 1.54) is 6.42 Å². The van der Waals surface area contributed by atoms with Gasteiger partial charge in [-0.05, 0) is 30.0 Å². The van der Waals surface area contributed by atoms with Crippen LogP contribution in [0.1, 0.15) is 42.0 Å². The molecule has 3 aromatic rings. The molecule has 0 aliphatic carbocycles. The van der Waals surface area contributed by atoms with E-state index in [2.05, 4.69) is 36.6 Å². The van der Waals surface area contributed by atoms with E-state index in [1.807, 2.05) is 35.1 Å². The number of rotatable bonds is 6. The first kappa shape index (κ1) is 18.2. The van der Waals surface area contributed by atoms with E-state index >= 15 is 0 Å². The number of nitrogens with one attached hydrogen (secondary N) is 2. The van der Waals surface area contributed by atoms with E-state index in [4.69, 9.17) is 0 Å². The highest BCUT2D eigenvalue weighted by Gasteiger charge is 2.15. The number of nitrogens with zero attached hydrogens (tertiary/aromatic N) is 5. The molecule has 146 valence electrons. The van der Waals surface area contributed by atoms with Gasteiger partial charge in [0.2, 0.25) is 0 Å². The third-order valence-electron chi connectivity index (χ3n) is 5.04. The summed E-state index contributed by atoms with van der Waals surface area (Å²) in [5, 5.41) is 18.6. The smallest absolute Gasteiger partial charge is 0.315 e. The summed E-state index contributed by atoms with van der Waals surface area (Å²) in [6.45, 7) is 2.45. The SMILES string of the molecule is O=C(NCc1ccccc1Cn1cccn1)NCc1nnc2n1CCCCC2. The van der Waals surface area contributed by atoms with Crippen LogP contribution in [-0.4, -0.2) is 30.6 Å². The molecule has 3 heterocycles. The molecule has 1 aromatic carbocycles. The zero-order valence-electron chi connectivity index (χ0n) is 15.8. The van der Waals surface area contributed by atoms with Crippen LogP contribution in [-0.2, 0) is 32.6 Å². The molecule has 1 aliphatic rings. The number of fused-ring (bicyclic) bond motifs is 1. The first-order chi connectivity index (χ1) is 13.8. The van der Waals surface area contributed by atoms with Gasteiger partial charge in [0.25, 0.3) is 0 Å². The van der Waals surface area contributed by atoms with Crippen molar-refractivity contribution in [3.05, 3.63) is 65.5 Å². The van der Waals surface area contributed by atoms with Crippen molar-refractivity contribution in [2.45, 2.75) is 51.9 Å². The van der Waals surface area contributed by atoms with Crippen LogP contribution < -0.4 is 10.6 Å². The summed E-state index contributed by atoms with van der Waals surface area (Å²) in [4.78, 5) is 12.3. The van der Waals surface area contributed by atoms with Crippen molar-refractivity contribution in [1.82, 2.24) is 35.2 Å². The van der Waals surface area contributed by atoms with E-state index in [9.17, 15) is 4.79 Å². The minimum absolute atomic E-state index is 0.208. The van der Waals surface area contributed by atoms with Gasteiger partial charge in [-0.2, -0.15) is 5.10 Å². The predicted molar refractivity (Wildman–Crippen MR) is 104 cm³/mol. The lowest BCUT2D eigenvalue weighted by atomic mass is 10.1. The summed E-state index contributed by atoms with van der Waals surface area (Å²) >= 11 is 0. The number of carbonyl (C=O) groups excluding carboxylic acids is 1. The van der Waals surface area contributed by atoms with Crippen molar-refractivity contribution >= 4 is 6.03 Å². The van der Waals surface area contributed by atoms with Crippen molar-refractivity contribution in [3.63, 3.8) is 0 Å². The lowest BCUT2D eigenvalue weighted by Gasteiger charge is -2.12. The zero-order chi connectivity index (χ0) is 19.2. The Morgan fingerprint density at radius 1 is 1.00 bits per heavy atom. The zero-order valence-corrected chi connectivity index (χ0v) is 15.8. The minimum atomic E-state index is -0.208. The largest absolute Gasteiger partial charge is 0.334 e. The highest BCUT2D eigenvalue weighted by atomic mass is 16.2. The normalized spacial score (nSPS) is 13.6. The van der Waals surface area contributed by atoms with Crippen LogP contribution in [0.5, 0.6) is 0 Å². The van der Waals surface area contributed by atoms with E-state index in [0.717, 1.165) is 48.6 Å². The number of amides is 2. The molecule has 0 spiro atoms.